The minimum absolute atomic E-state index is 0.0546. The molecule has 21 heavy (non-hydrogen) atoms. The molecule has 1 amide bonds. The highest BCUT2D eigenvalue weighted by atomic mass is 32.2. The molecule has 0 aliphatic rings. The smallest absolute Gasteiger partial charge is 0.251 e. The predicted molar refractivity (Wildman–Crippen MR) is 83.8 cm³/mol. The monoisotopic (exact) mass is 308 g/mol. The lowest BCUT2D eigenvalue weighted by molar-refractivity contribution is 0.0956. The van der Waals surface area contributed by atoms with Gasteiger partial charge in [0.15, 0.2) is 9.84 Å². The molecule has 0 spiro atoms. The minimum atomic E-state index is -3.08. The molecule has 5 nitrogen and oxygen atoms in total. The summed E-state index contributed by atoms with van der Waals surface area (Å²) in [5.41, 5.74) is 7.49. The maximum absolute atomic E-state index is 12.0. The minimum Gasteiger partial charge on any atom is -0.351 e. The van der Waals surface area contributed by atoms with E-state index in [4.69, 9.17) is 5.73 Å². The number of hydrogen-bond acceptors (Lipinski definition) is 4. The van der Waals surface area contributed by atoms with E-state index in [1.54, 1.807) is 25.1 Å². The number of benzene rings is 1. The highest BCUT2D eigenvalue weighted by molar-refractivity contribution is 7.91. The fourth-order valence-electron chi connectivity index (χ4n) is 1.61. The molecule has 114 valence electrons. The van der Waals surface area contributed by atoms with E-state index in [0.29, 0.717) is 5.56 Å². The number of hydrogen-bond donors (Lipinski definition) is 2. The van der Waals surface area contributed by atoms with E-state index < -0.39 is 9.84 Å². The number of amides is 1. The summed E-state index contributed by atoms with van der Waals surface area (Å²) in [5, 5.41) is 2.60. The van der Waals surface area contributed by atoms with E-state index in [1.807, 2.05) is 6.92 Å². The molecule has 1 rings (SSSR count). The largest absolute Gasteiger partial charge is 0.351 e. The van der Waals surface area contributed by atoms with Gasteiger partial charge in [-0.05, 0) is 24.6 Å². The molecule has 0 saturated carbocycles. The third-order valence-electron chi connectivity index (χ3n) is 2.96. The van der Waals surface area contributed by atoms with Gasteiger partial charge in [0.05, 0.1) is 12.3 Å². The Morgan fingerprint density at radius 1 is 1.38 bits per heavy atom. The molecule has 3 N–H and O–H groups in total. The van der Waals surface area contributed by atoms with Crippen LogP contribution in [-0.4, -0.2) is 38.9 Å². The molecular weight excluding hydrogens is 288 g/mol. The quantitative estimate of drug-likeness (QED) is 0.774. The third kappa shape index (κ3) is 5.58. The molecule has 0 bridgehead atoms. The predicted octanol–water partition coefficient (Wildman–Crippen LogP) is 0.470. The highest BCUT2D eigenvalue weighted by Crippen LogP contribution is 2.10. The summed E-state index contributed by atoms with van der Waals surface area (Å²) in [6.07, 6.45) is 0. The lowest BCUT2D eigenvalue weighted by Gasteiger charge is -2.07. The average Bonchev–Trinajstić information content (AvgIpc) is 2.46. The van der Waals surface area contributed by atoms with Crippen LogP contribution in [0.1, 0.15) is 28.4 Å². The van der Waals surface area contributed by atoms with Crippen molar-refractivity contribution in [3.8, 4) is 11.8 Å². The summed E-state index contributed by atoms with van der Waals surface area (Å²) in [7, 11) is -3.08. The summed E-state index contributed by atoms with van der Waals surface area (Å²) in [5.74, 6) is 5.37. The summed E-state index contributed by atoms with van der Waals surface area (Å²) >= 11 is 0. The normalized spacial score (nSPS) is 10.6. The molecule has 6 heteroatoms. The molecule has 0 unspecified atom stereocenters. The lowest BCUT2D eigenvalue weighted by atomic mass is 10.0. The molecule has 0 radical (unpaired) electrons. The van der Waals surface area contributed by atoms with E-state index in [1.165, 1.54) is 0 Å². The van der Waals surface area contributed by atoms with Crippen LogP contribution in [0.2, 0.25) is 0 Å². The van der Waals surface area contributed by atoms with Crippen LogP contribution in [0.3, 0.4) is 0 Å². The Hall–Kier alpha value is -1.84. The summed E-state index contributed by atoms with van der Waals surface area (Å²) in [6, 6.07) is 5.17. The van der Waals surface area contributed by atoms with Gasteiger partial charge >= 0.3 is 0 Å². The van der Waals surface area contributed by atoms with Crippen LogP contribution in [0.5, 0.6) is 0 Å². The van der Waals surface area contributed by atoms with Crippen molar-refractivity contribution in [1.29, 1.82) is 0 Å². The van der Waals surface area contributed by atoms with Gasteiger partial charge in [-0.3, -0.25) is 4.79 Å². The van der Waals surface area contributed by atoms with Crippen molar-refractivity contribution in [3.05, 3.63) is 34.9 Å². The van der Waals surface area contributed by atoms with Crippen LogP contribution in [0.25, 0.3) is 0 Å². The Morgan fingerprint density at radius 3 is 2.71 bits per heavy atom. The number of rotatable bonds is 5. The lowest BCUT2D eigenvalue weighted by Crippen LogP contribution is -2.29. The Morgan fingerprint density at radius 2 is 2.10 bits per heavy atom. The van der Waals surface area contributed by atoms with Gasteiger partial charge < -0.3 is 11.1 Å². The van der Waals surface area contributed by atoms with E-state index in [2.05, 4.69) is 17.2 Å². The maximum Gasteiger partial charge on any atom is 0.251 e. The second-order valence-electron chi connectivity index (χ2n) is 4.53. The van der Waals surface area contributed by atoms with Crippen molar-refractivity contribution < 1.29 is 13.2 Å². The van der Waals surface area contributed by atoms with Crippen molar-refractivity contribution in [2.24, 2.45) is 5.73 Å². The first kappa shape index (κ1) is 17.2. The molecule has 0 fully saturated rings. The number of carbonyl (C=O) groups excluding carboxylic acids is 1. The van der Waals surface area contributed by atoms with Gasteiger partial charge in [0.2, 0.25) is 0 Å². The first-order valence-corrected chi connectivity index (χ1v) is 8.50. The molecular formula is C15H20N2O3S. The Labute approximate surface area is 125 Å². The number of sulfone groups is 1. The van der Waals surface area contributed by atoms with Crippen LogP contribution in [0.15, 0.2) is 18.2 Å². The third-order valence-corrected chi connectivity index (χ3v) is 4.67. The SMILES string of the molecule is CCS(=O)(=O)CCNC(=O)c1ccc(C)c(C#CCN)c1. The van der Waals surface area contributed by atoms with Gasteiger partial charge in [-0.15, -0.1) is 0 Å². The zero-order valence-corrected chi connectivity index (χ0v) is 13.1. The molecule has 0 saturated heterocycles. The Balaban J connectivity index is 2.75. The van der Waals surface area contributed by atoms with Crippen LogP contribution in [0.4, 0.5) is 0 Å². The van der Waals surface area contributed by atoms with Crippen LogP contribution < -0.4 is 11.1 Å². The Kier molecular flexibility index (Phi) is 6.40. The number of carbonyl (C=O) groups is 1. The fraction of sp³-hybridized carbons (Fsp3) is 0.400. The van der Waals surface area contributed by atoms with Gasteiger partial charge in [-0.25, -0.2) is 8.42 Å². The topological polar surface area (TPSA) is 89.3 Å². The van der Waals surface area contributed by atoms with Gasteiger partial charge in [0.25, 0.3) is 5.91 Å². The van der Waals surface area contributed by atoms with Crippen molar-refractivity contribution in [2.75, 3.05) is 24.6 Å². The first-order chi connectivity index (χ1) is 9.89. The summed E-state index contributed by atoms with van der Waals surface area (Å²) in [6.45, 7) is 3.84. The molecule has 0 atom stereocenters. The number of aryl methyl sites for hydroxylation is 1. The zero-order valence-electron chi connectivity index (χ0n) is 12.3. The molecule has 0 aliphatic heterocycles. The second kappa shape index (κ2) is 7.81. The molecule has 0 heterocycles. The molecule has 0 aliphatic carbocycles. The van der Waals surface area contributed by atoms with Gasteiger partial charge in [0, 0.05) is 23.4 Å². The average molecular weight is 308 g/mol. The van der Waals surface area contributed by atoms with Crippen LogP contribution in [0, 0.1) is 18.8 Å². The van der Waals surface area contributed by atoms with Crippen LogP contribution in [-0.2, 0) is 9.84 Å². The number of nitrogens with one attached hydrogen (secondary N) is 1. The summed E-state index contributed by atoms with van der Waals surface area (Å²) in [4.78, 5) is 12.0. The molecule has 1 aromatic carbocycles. The van der Waals surface area contributed by atoms with E-state index in [0.717, 1.165) is 11.1 Å². The van der Waals surface area contributed by atoms with E-state index in [-0.39, 0.29) is 30.5 Å². The van der Waals surface area contributed by atoms with Gasteiger partial charge in [-0.1, -0.05) is 24.8 Å². The molecule has 1 aromatic rings. The second-order valence-corrected chi connectivity index (χ2v) is 7.00. The van der Waals surface area contributed by atoms with Gasteiger partial charge in [-0.2, -0.15) is 0 Å². The Bertz CT molecular complexity index is 670. The highest BCUT2D eigenvalue weighted by Gasteiger charge is 2.10. The van der Waals surface area contributed by atoms with Crippen molar-refractivity contribution in [3.63, 3.8) is 0 Å². The van der Waals surface area contributed by atoms with Crippen molar-refractivity contribution in [1.82, 2.24) is 5.32 Å². The fourth-order valence-corrected chi connectivity index (χ4v) is 2.31. The van der Waals surface area contributed by atoms with Gasteiger partial charge in [0.1, 0.15) is 0 Å². The number of nitrogens with two attached hydrogens (primary N) is 1. The summed E-state index contributed by atoms with van der Waals surface area (Å²) < 4.78 is 22.7. The van der Waals surface area contributed by atoms with Crippen LogP contribution >= 0.6 is 0 Å². The van der Waals surface area contributed by atoms with E-state index in [9.17, 15) is 13.2 Å². The van der Waals surface area contributed by atoms with Crippen molar-refractivity contribution in [2.45, 2.75) is 13.8 Å². The molecule has 0 aromatic heterocycles. The zero-order chi connectivity index (χ0) is 15.9. The van der Waals surface area contributed by atoms with E-state index >= 15 is 0 Å². The standard InChI is InChI=1S/C15H20N2O3S/c1-3-21(19,20)10-9-17-15(18)14-7-6-12(2)13(11-14)5-4-8-16/h6-7,11H,3,8-10,16H2,1-2H3,(H,17,18). The maximum atomic E-state index is 12.0. The first-order valence-electron chi connectivity index (χ1n) is 6.68. The van der Waals surface area contributed by atoms with Crippen molar-refractivity contribution >= 4 is 15.7 Å².